The van der Waals surface area contributed by atoms with Crippen molar-refractivity contribution in [3.8, 4) is 0 Å². The smallest absolute Gasteiger partial charge is 1.00 e. The van der Waals surface area contributed by atoms with E-state index in [1.165, 1.54) is 0 Å². The van der Waals surface area contributed by atoms with Crippen molar-refractivity contribution in [1.29, 1.82) is 0 Å². The molecule has 0 bridgehead atoms. The number of aliphatic hydroxyl groups is 3. The maximum absolute atomic E-state index is 11.1. The summed E-state index contributed by atoms with van der Waals surface area (Å²) in [5.74, 6) is -1.32. The molecule has 0 spiro atoms. The minimum atomic E-state index is -2.15. The summed E-state index contributed by atoms with van der Waals surface area (Å²) in [5, 5.41) is 36.4. The normalized spacial score (nSPS) is 15.0. The topological polar surface area (TPSA) is 127 Å². The molecule has 0 aromatic carbocycles. The summed E-state index contributed by atoms with van der Waals surface area (Å²) in [6.07, 6.45) is -1.41. The van der Waals surface area contributed by atoms with Crippen molar-refractivity contribution in [3.63, 3.8) is 0 Å². The quantitative estimate of drug-likeness (QED) is 0.266. The fourth-order valence-corrected chi connectivity index (χ4v) is 1.79. The summed E-state index contributed by atoms with van der Waals surface area (Å²) in [7, 11) is -2.15. The number of rotatable bonds is 7. The van der Waals surface area contributed by atoms with Gasteiger partial charge in [-0.15, -0.1) is 0 Å². The molecular formula is C6H15CaNO6P+. The van der Waals surface area contributed by atoms with Gasteiger partial charge in [0.05, 0.1) is 13.2 Å². The molecule has 0 saturated heterocycles. The average molecular weight is 268 g/mol. The van der Waals surface area contributed by atoms with Crippen molar-refractivity contribution in [2.45, 2.75) is 12.1 Å². The number of nitrogens with one attached hydrogen (secondary N) is 1. The molecule has 0 aromatic heterocycles. The number of aliphatic hydroxyl groups excluding tert-OH is 3. The van der Waals surface area contributed by atoms with E-state index in [1.54, 1.807) is 0 Å². The van der Waals surface area contributed by atoms with Crippen molar-refractivity contribution >= 4 is 51.7 Å². The van der Waals surface area contributed by atoms with Crippen molar-refractivity contribution in [2.75, 3.05) is 19.4 Å². The van der Waals surface area contributed by atoms with Crippen LogP contribution in [0.5, 0.6) is 0 Å². The van der Waals surface area contributed by atoms with Gasteiger partial charge in [-0.25, -0.2) is 0 Å². The van der Waals surface area contributed by atoms with Crippen molar-refractivity contribution in [1.82, 2.24) is 5.09 Å². The van der Waals surface area contributed by atoms with Crippen LogP contribution in [-0.4, -0.2) is 95.7 Å². The molecule has 3 atom stereocenters. The molecule has 0 fully saturated rings. The van der Waals surface area contributed by atoms with Gasteiger partial charge in [0.25, 0.3) is 0 Å². The van der Waals surface area contributed by atoms with Crippen molar-refractivity contribution in [2.24, 2.45) is 0 Å². The van der Waals surface area contributed by atoms with Crippen LogP contribution in [0.25, 0.3) is 0 Å². The third kappa shape index (κ3) is 8.47. The monoisotopic (exact) mass is 268 g/mol. The average Bonchev–Trinajstić information content (AvgIpc) is 2.13. The maximum Gasteiger partial charge on any atom is 2.00 e. The van der Waals surface area contributed by atoms with E-state index in [0.717, 1.165) is 0 Å². The Hall–Kier alpha value is 0.670. The molecule has 3 unspecified atom stereocenters. The molecule has 0 aliphatic carbocycles. The fraction of sp³-hybridized carbons (Fsp3) is 0.833. The summed E-state index contributed by atoms with van der Waals surface area (Å²) >= 11 is 0. The summed E-state index contributed by atoms with van der Waals surface area (Å²) in [5.41, 5.74) is 0. The van der Waals surface area contributed by atoms with Crippen molar-refractivity contribution < 1.29 is 32.6 Å². The fourth-order valence-electron chi connectivity index (χ4n) is 0.650. The first-order valence-corrected chi connectivity index (χ1v) is 5.29. The Bertz CT molecular complexity index is 225. The molecule has 0 saturated carbocycles. The van der Waals surface area contributed by atoms with Gasteiger partial charge >= 0.3 is 51.7 Å². The predicted molar refractivity (Wildman–Crippen MR) is 55.2 cm³/mol. The second-order valence-electron chi connectivity index (χ2n) is 2.60. The Balaban J connectivity index is -0.000000282. The van der Waals surface area contributed by atoms with Gasteiger partial charge in [-0.3, -0.25) is 4.79 Å². The molecule has 0 amide bonds. The van der Waals surface area contributed by atoms with E-state index in [9.17, 15) is 9.36 Å². The number of hydrogen-bond donors (Lipinski definition) is 5. The molecule has 7 nitrogen and oxygen atoms in total. The Morgan fingerprint density at radius 3 is 2.27 bits per heavy atom. The molecule has 0 heterocycles. The Morgan fingerprint density at radius 1 is 1.40 bits per heavy atom. The first kappa shape index (κ1) is 18.0. The van der Waals surface area contributed by atoms with Crippen LogP contribution in [0.4, 0.5) is 0 Å². The molecule has 0 aliphatic heterocycles. The Labute approximate surface area is 120 Å². The first-order valence-electron chi connectivity index (χ1n) is 3.84. The largest absolute Gasteiger partial charge is 2.00 e. The van der Waals surface area contributed by atoms with Crippen LogP contribution < -0.4 is 5.09 Å². The maximum atomic E-state index is 11.1. The molecule has 5 N–H and O–H groups in total. The SMILES string of the molecule is O=C(O)C(CO)N[P+](=O)CC(O)CO.[Ca+2].[H-].[H-]. The van der Waals surface area contributed by atoms with E-state index in [1.807, 2.05) is 0 Å². The van der Waals surface area contributed by atoms with Crippen LogP contribution >= 0.6 is 7.95 Å². The minimum absolute atomic E-state index is 0. The summed E-state index contributed by atoms with van der Waals surface area (Å²) < 4.78 is 11.1. The molecule has 0 rings (SSSR count). The molecule has 86 valence electrons. The van der Waals surface area contributed by atoms with E-state index < -0.39 is 39.3 Å². The zero-order chi connectivity index (χ0) is 11.1. The van der Waals surface area contributed by atoms with Gasteiger partial charge < -0.3 is 23.3 Å². The van der Waals surface area contributed by atoms with Crippen LogP contribution in [0.1, 0.15) is 2.85 Å². The molecule has 9 heteroatoms. The summed E-state index contributed by atoms with van der Waals surface area (Å²) in [6.45, 7) is -1.23. The third-order valence-electron chi connectivity index (χ3n) is 1.37. The molecular weight excluding hydrogens is 253 g/mol. The van der Waals surface area contributed by atoms with Gasteiger partial charge in [-0.05, 0) is 0 Å². The van der Waals surface area contributed by atoms with Crippen LogP contribution in [0.15, 0.2) is 0 Å². The summed E-state index contributed by atoms with van der Waals surface area (Å²) in [4.78, 5) is 10.4. The zero-order valence-electron chi connectivity index (χ0n) is 10.0. The van der Waals surface area contributed by atoms with Gasteiger partial charge in [0.2, 0.25) is 0 Å². The summed E-state index contributed by atoms with van der Waals surface area (Å²) in [6, 6.07) is -1.32. The predicted octanol–water partition coefficient (Wildman–Crippen LogP) is -2.04. The number of carboxylic acids is 1. The second kappa shape index (κ2) is 9.86. The number of carbonyl (C=O) groups is 1. The van der Waals surface area contributed by atoms with Gasteiger partial charge in [0.15, 0.2) is 12.2 Å². The molecule has 0 aliphatic rings. The molecule has 15 heavy (non-hydrogen) atoms. The number of carboxylic acid groups (broad SMARTS) is 1. The van der Waals surface area contributed by atoms with E-state index in [0.29, 0.717) is 0 Å². The van der Waals surface area contributed by atoms with Gasteiger partial charge in [-0.1, -0.05) is 9.65 Å². The van der Waals surface area contributed by atoms with Crippen LogP contribution in [0.2, 0.25) is 0 Å². The standard InChI is InChI=1S/C6H12NO6P.Ca.2H/c8-1-4(10)3-14(13)7-5(2-9)6(11)12;;;/h4-5,8-10H,1-3H2,(H-,7,11,12,13);;;/q;+2;2*-1/p+1. The Morgan fingerprint density at radius 2 is 1.93 bits per heavy atom. The zero-order valence-corrected chi connectivity index (χ0v) is 11.1. The van der Waals surface area contributed by atoms with E-state index in [2.05, 4.69) is 5.09 Å². The second-order valence-corrected chi connectivity index (χ2v) is 3.98. The van der Waals surface area contributed by atoms with Gasteiger partial charge in [-0.2, -0.15) is 0 Å². The van der Waals surface area contributed by atoms with E-state index in [4.69, 9.17) is 20.4 Å². The Kier molecular flexibility index (Phi) is 11.9. The van der Waals surface area contributed by atoms with E-state index in [-0.39, 0.29) is 46.8 Å². The van der Waals surface area contributed by atoms with Crippen molar-refractivity contribution in [3.05, 3.63) is 0 Å². The minimum Gasteiger partial charge on any atom is -1.00 e. The first-order chi connectivity index (χ1) is 6.51. The number of hydrogen-bond acceptors (Lipinski definition) is 5. The van der Waals surface area contributed by atoms with Crippen LogP contribution in [0.3, 0.4) is 0 Å². The van der Waals surface area contributed by atoms with E-state index >= 15 is 0 Å². The van der Waals surface area contributed by atoms with Crippen LogP contribution in [-0.2, 0) is 9.36 Å². The third-order valence-corrected chi connectivity index (χ3v) is 2.72. The van der Waals surface area contributed by atoms with Gasteiger partial charge in [0, 0.05) is 0 Å². The van der Waals surface area contributed by atoms with Crippen LogP contribution in [0, 0.1) is 0 Å². The molecule has 0 aromatic rings. The molecule has 0 radical (unpaired) electrons. The number of aliphatic carboxylic acids is 1. The van der Waals surface area contributed by atoms with Gasteiger partial charge in [0.1, 0.15) is 6.10 Å².